The maximum absolute atomic E-state index is 14.0. The van der Waals surface area contributed by atoms with Crippen LogP contribution < -0.4 is 10.6 Å². The van der Waals surface area contributed by atoms with Gasteiger partial charge in [-0.15, -0.1) is 0 Å². The molecule has 0 spiro atoms. The molecular weight excluding hydrogens is 599 g/mol. The monoisotopic (exact) mass is 643 g/mol. The Morgan fingerprint density at radius 2 is 1.77 bits per heavy atom. The summed E-state index contributed by atoms with van der Waals surface area (Å²) < 4.78 is 30.0. The normalized spacial score (nSPS) is 18.7. The minimum absolute atomic E-state index is 0.0139. The number of carboxylic acid groups (broad SMARTS) is 1. The lowest BCUT2D eigenvalue weighted by Crippen LogP contribution is -2.50. The van der Waals surface area contributed by atoms with Crippen molar-refractivity contribution in [2.75, 3.05) is 31.5 Å². The fourth-order valence-electron chi connectivity index (χ4n) is 6.45. The summed E-state index contributed by atoms with van der Waals surface area (Å²) in [5, 5.41) is 27.4. The largest absolute Gasteiger partial charge is 0.465 e. The van der Waals surface area contributed by atoms with E-state index in [0.29, 0.717) is 6.04 Å². The molecule has 1 saturated carbocycles. The zero-order valence-electron chi connectivity index (χ0n) is 25.6. The summed E-state index contributed by atoms with van der Waals surface area (Å²) in [5.41, 5.74) is 1.58. The lowest BCUT2D eigenvalue weighted by atomic mass is 10.0. The highest BCUT2D eigenvalue weighted by molar-refractivity contribution is 7.89. The van der Waals surface area contributed by atoms with Crippen LogP contribution in [-0.4, -0.2) is 89.3 Å². The average Bonchev–Trinajstić information content (AvgIpc) is 3.67. The predicted molar refractivity (Wildman–Crippen MR) is 175 cm³/mol. The van der Waals surface area contributed by atoms with E-state index in [9.17, 15) is 23.4 Å². The number of aliphatic hydroxyl groups is 1. The zero-order chi connectivity index (χ0) is 31.3. The number of aliphatic hydroxyl groups excluding tert-OH is 1. The summed E-state index contributed by atoms with van der Waals surface area (Å²) in [4.78, 5) is 19.1. The van der Waals surface area contributed by atoms with Gasteiger partial charge in [0.1, 0.15) is 0 Å². The number of thiazole rings is 1. The number of carbonyl (C=O) groups is 1. The number of rotatable bonds is 13. The first-order valence-electron chi connectivity index (χ1n) is 15.7. The van der Waals surface area contributed by atoms with E-state index in [1.165, 1.54) is 41.3 Å². The Balaban J connectivity index is 1.28. The van der Waals surface area contributed by atoms with Gasteiger partial charge in [-0.25, -0.2) is 18.2 Å². The van der Waals surface area contributed by atoms with E-state index in [0.717, 1.165) is 52.9 Å². The van der Waals surface area contributed by atoms with Crippen molar-refractivity contribution in [2.24, 2.45) is 5.92 Å². The number of fused-ring (bicyclic) bond motifs is 1. The fraction of sp³-hybridized carbons (Fsp3) is 0.562. The number of nitrogens with one attached hydrogen (secondary N) is 2. The second-order valence-electron chi connectivity index (χ2n) is 12.6. The van der Waals surface area contributed by atoms with Crippen molar-refractivity contribution in [3.05, 3.63) is 54.1 Å². The molecule has 1 aromatic heterocycles. The summed E-state index contributed by atoms with van der Waals surface area (Å²) in [6.07, 6.45) is 5.17. The number of nitrogens with zero attached hydrogens (tertiary/aromatic N) is 3. The molecule has 2 fully saturated rings. The molecule has 0 bridgehead atoms. The van der Waals surface area contributed by atoms with Crippen LogP contribution in [0.3, 0.4) is 0 Å². The summed E-state index contributed by atoms with van der Waals surface area (Å²) in [5.74, 6) is -0.0139. The summed E-state index contributed by atoms with van der Waals surface area (Å²) in [7, 11) is -4.00. The van der Waals surface area contributed by atoms with Crippen LogP contribution in [-0.2, 0) is 16.4 Å². The first-order chi connectivity index (χ1) is 21.1. The van der Waals surface area contributed by atoms with Gasteiger partial charge in [0.25, 0.3) is 0 Å². The molecule has 10 nitrogen and oxygen atoms in total. The van der Waals surface area contributed by atoms with E-state index in [4.69, 9.17) is 4.98 Å². The molecule has 44 heavy (non-hydrogen) atoms. The third-order valence-electron chi connectivity index (χ3n) is 8.73. The molecule has 0 unspecified atom stereocenters. The number of benzene rings is 2. The quantitative estimate of drug-likeness (QED) is 0.204. The molecular formula is C32H45N5O5S2. The number of hydrogen-bond acceptors (Lipinski definition) is 8. The van der Waals surface area contributed by atoms with Crippen LogP contribution in [0.25, 0.3) is 10.2 Å². The number of aromatic nitrogens is 1. The van der Waals surface area contributed by atoms with E-state index < -0.39 is 28.3 Å². The smallest absolute Gasteiger partial charge is 0.404 e. The predicted octanol–water partition coefficient (Wildman–Crippen LogP) is 5.00. The van der Waals surface area contributed by atoms with Crippen LogP contribution in [0.2, 0.25) is 0 Å². The molecule has 3 aromatic rings. The highest BCUT2D eigenvalue weighted by atomic mass is 32.2. The van der Waals surface area contributed by atoms with Crippen molar-refractivity contribution in [2.45, 2.75) is 87.9 Å². The van der Waals surface area contributed by atoms with Crippen LogP contribution in [0.15, 0.2) is 53.4 Å². The van der Waals surface area contributed by atoms with E-state index in [-0.39, 0.29) is 30.3 Å². The second kappa shape index (κ2) is 14.6. The lowest BCUT2D eigenvalue weighted by molar-refractivity contribution is 0.0980. The number of hydrogen-bond donors (Lipinski definition) is 4. The van der Waals surface area contributed by atoms with Gasteiger partial charge in [0, 0.05) is 38.3 Å². The SMILES string of the molecule is CC(C)CN(C[C@@H](O)[C@H](Cc1ccccc1)NC(=O)O)S(=O)(=O)c1ccc2nc(NC3CCN(C4CCCC4)CC3)sc2c1. The average molecular weight is 644 g/mol. The van der Waals surface area contributed by atoms with Crippen LogP contribution >= 0.6 is 11.3 Å². The Hall–Kier alpha value is -2.77. The van der Waals surface area contributed by atoms with Crippen molar-refractivity contribution >= 4 is 42.8 Å². The summed E-state index contributed by atoms with van der Waals surface area (Å²) in [6, 6.07) is 14.4. The molecule has 2 atom stereocenters. The Morgan fingerprint density at radius 1 is 1.07 bits per heavy atom. The molecule has 2 heterocycles. The van der Waals surface area contributed by atoms with Gasteiger partial charge in [0.15, 0.2) is 5.13 Å². The van der Waals surface area contributed by atoms with Crippen LogP contribution in [0.4, 0.5) is 9.93 Å². The number of amides is 1. The van der Waals surface area contributed by atoms with Crippen molar-refractivity contribution in [1.29, 1.82) is 0 Å². The first-order valence-corrected chi connectivity index (χ1v) is 18.0. The summed E-state index contributed by atoms with van der Waals surface area (Å²) >= 11 is 1.46. The molecule has 0 radical (unpaired) electrons. The fourth-order valence-corrected chi connectivity index (χ4v) is 9.16. The maximum Gasteiger partial charge on any atom is 0.404 e. The standard InChI is InChI=1S/C32H45N5O5S2/c1-22(2)20-37(21-29(38)28(35-32(39)40)18-23-8-4-3-5-9-23)44(41,42)26-12-13-27-30(19-26)43-31(34-27)33-24-14-16-36(17-15-24)25-10-6-7-11-25/h3-5,8-9,12-13,19,22,24-25,28-29,35,38H,6-7,10-11,14-18,20-21H2,1-2H3,(H,33,34)(H,39,40)/t28-,29+/m0/s1. The van der Waals surface area contributed by atoms with Gasteiger partial charge in [-0.1, -0.05) is 68.4 Å². The van der Waals surface area contributed by atoms with Gasteiger partial charge < -0.3 is 25.7 Å². The molecule has 5 rings (SSSR count). The van der Waals surface area contributed by atoms with Gasteiger partial charge in [0.05, 0.1) is 27.3 Å². The maximum atomic E-state index is 14.0. The molecule has 240 valence electrons. The van der Waals surface area contributed by atoms with Crippen molar-refractivity contribution in [1.82, 2.24) is 19.5 Å². The topological polar surface area (TPSA) is 135 Å². The minimum Gasteiger partial charge on any atom is -0.465 e. The van der Waals surface area contributed by atoms with Gasteiger partial charge in [-0.05, 0) is 61.8 Å². The lowest BCUT2D eigenvalue weighted by Gasteiger charge is -2.36. The van der Waals surface area contributed by atoms with Crippen molar-refractivity contribution < 1.29 is 23.4 Å². The van der Waals surface area contributed by atoms with Gasteiger partial charge in [0.2, 0.25) is 10.0 Å². The first kappa shape index (κ1) is 32.6. The molecule has 1 aliphatic carbocycles. The zero-order valence-corrected chi connectivity index (χ0v) is 27.2. The molecule has 4 N–H and O–H groups in total. The van der Waals surface area contributed by atoms with E-state index in [2.05, 4.69) is 15.5 Å². The van der Waals surface area contributed by atoms with Crippen LogP contribution in [0.1, 0.15) is 57.9 Å². The number of likely N-dealkylation sites (tertiary alicyclic amines) is 1. The Labute approximate surface area is 264 Å². The van der Waals surface area contributed by atoms with Crippen molar-refractivity contribution in [3.8, 4) is 0 Å². The van der Waals surface area contributed by atoms with E-state index >= 15 is 0 Å². The number of anilines is 1. The Bertz CT molecular complexity index is 1490. The number of piperidine rings is 1. The Morgan fingerprint density at radius 3 is 2.43 bits per heavy atom. The molecule has 1 aliphatic heterocycles. The molecule has 12 heteroatoms. The van der Waals surface area contributed by atoms with Crippen LogP contribution in [0.5, 0.6) is 0 Å². The van der Waals surface area contributed by atoms with E-state index in [1.807, 2.05) is 44.2 Å². The number of sulfonamides is 1. The Kier molecular flexibility index (Phi) is 10.8. The summed E-state index contributed by atoms with van der Waals surface area (Å²) in [6.45, 7) is 5.95. The third-order valence-corrected chi connectivity index (χ3v) is 11.5. The van der Waals surface area contributed by atoms with Crippen molar-refractivity contribution in [3.63, 3.8) is 0 Å². The minimum atomic E-state index is -4.00. The van der Waals surface area contributed by atoms with Gasteiger partial charge >= 0.3 is 6.09 Å². The van der Waals surface area contributed by atoms with Gasteiger partial charge in [-0.3, -0.25) is 0 Å². The molecule has 2 aromatic carbocycles. The third kappa shape index (κ3) is 8.28. The molecule has 1 saturated heterocycles. The second-order valence-corrected chi connectivity index (χ2v) is 15.5. The van der Waals surface area contributed by atoms with Gasteiger partial charge in [-0.2, -0.15) is 4.31 Å². The molecule has 2 aliphatic rings. The van der Waals surface area contributed by atoms with E-state index in [1.54, 1.807) is 18.2 Å². The highest BCUT2D eigenvalue weighted by Gasteiger charge is 2.32. The highest BCUT2D eigenvalue weighted by Crippen LogP contribution is 2.32. The van der Waals surface area contributed by atoms with Crippen LogP contribution in [0, 0.1) is 5.92 Å². The molecule has 1 amide bonds.